The molecule has 0 bridgehead atoms. The van der Waals surface area contributed by atoms with E-state index in [0.717, 1.165) is 5.75 Å². The largest absolute Gasteiger partial charge is 0.490 e. The van der Waals surface area contributed by atoms with E-state index in [0.29, 0.717) is 23.9 Å². The van der Waals surface area contributed by atoms with Crippen molar-refractivity contribution in [3.63, 3.8) is 0 Å². The summed E-state index contributed by atoms with van der Waals surface area (Å²) in [6.45, 7) is 8.58. The van der Waals surface area contributed by atoms with Crippen molar-refractivity contribution in [2.45, 2.75) is 33.1 Å². The molecule has 0 atom stereocenters. The zero-order chi connectivity index (χ0) is 21.6. The molecule has 0 aliphatic carbocycles. The second-order valence-electron chi connectivity index (χ2n) is 8.00. The molecular formula is C24H27N3O3. The number of benzene rings is 2. The summed E-state index contributed by atoms with van der Waals surface area (Å²) in [6, 6.07) is 16.7. The van der Waals surface area contributed by atoms with Crippen LogP contribution >= 0.6 is 0 Å². The third-order valence-corrected chi connectivity index (χ3v) is 4.44. The van der Waals surface area contributed by atoms with Crippen molar-refractivity contribution < 1.29 is 14.1 Å². The molecule has 2 amide bonds. The molecular weight excluding hydrogens is 378 g/mol. The Hall–Kier alpha value is -3.54. The first kappa shape index (κ1) is 21.2. The Morgan fingerprint density at radius 2 is 1.83 bits per heavy atom. The third kappa shape index (κ3) is 5.98. The van der Waals surface area contributed by atoms with Gasteiger partial charge in [-0.25, -0.2) is 4.79 Å². The molecule has 156 valence electrons. The van der Waals surface area contributed by atoms with Crippen LogP contribution in [0.25, 0.3) is 6.08 Å². The number of urea groups is 1. The Morgan fingerprint density at radius 3 is 2.50 bits per heavy atom. The monoisotopic (exact) mass is 405 g/mol. The lowest BCUT2D eigenvalue weighted by Gasteiger charge is -2.12. The predicted octanol–water partition coefficient (Wildman–Crippen LogP) is 6.02. The fourth-order valence-electron chi connectivity index (χ4n) is 2.69. The summed E-state index contributed by atoms with van der Waals surface area (Å²) < 4.78 is 11.0. The number of amides is 2. The maximum absolute atomic E-state index is 12.2. The Bertz CT molecular complexity index is 1010. The Labute approximate surface area is 176 Å². The van der Waals surface area contributed by atoms with Crippen molar-refractivity contribution in [3.8, 4) is 5.75 Å². The molecule has 0 aliphatic heterocycles. The molecule has 0 fully saturated rings. The van der Waals surface area contributed by atoms with Gasteiger partial charge in [-0.1, -0.05) is 56.3 Å². The summed E-state index contributed by atoms with van der Waals surface area (Å²) in [5.41, 5.74) is 2.87. The molecule has 0 radical (unpaired) electrons. The van der Waals surface area contributed by atoms with Crippen LogP contribution in [0.5, 0.6) is 5.75 Å². The van der Waals surface area contributed by atoms with Crippen molar-refractivity contribution in [1.29, 1.82) is 0 Å². The van der Waals surface area contributed by atoms with E-state index in [1.165, 1.54) is 11.1 Å². The fraction of sp³-hybridized carbons (Fsp3) is 0.250. The number of carbonyl (C=O) groups excluding carboxylic acids is 1. The normalized spacial score (nSPS) is 11.5. The van der Waals surface area contributed by atoms with Crippen LogP contribution in [0.4, 0.5) is 16.3 Å². The number of aromatic nitrogens is 1. The van der Waals surface area contributed by atoms with Gasteiger partial charge in [-0.05, 0) is 48.4 Å². The highest BCUT2D eigenvalue weighted by Crippen LogP contribution is 2.24. The summed E-state index contributed by atoms with van der Waals surface area (Å²) in [5.74, 6) is 1.80. The average Bonchev–Trinajstić information content (AvgIpc) is 3.16. The molecule has 0 aliphatic rings. The van der Waals surface area contributed by atoms with Crippen LogP contribution in [0, 0.1) is 6.92 Å². The van der Waals surface area contributed by atoms with Gasteiger partial charge in [0.25, 0.3) is 0 Å². The lowest BCUT2D eigenvalue weighted by molar-refractivity contribution is 0.262. The first-order valence-electron chi connectivity index (χ1n) is 9.81. The molecule has 1 aromatic heterocycles. The highest BCUT2D eigenvalue weighted by Gasteiger charge is 2.20. The first-order valence-corrected chi connectivity index (χ1v) is 9.81. The van der Waals surface area contributed by atoms with E-state index in [9.17, 15) is 4.79 Å². The predicted molar refractivity (Wildman–Crippen MR) is 120 cm³/mol. The molecule has 0 spiro atoms. The SMILES string of the molecule is Cc1ccccc1/C=C/COc1ccc(NC(=O)Nc2cc(C(C)(C)C)on2)cc1. The number of aryl methyl sites for hydroxylation is 1. The second kappa shape index (κ2) is 9.31. The van der Waals surface area contributed by atoms with Gasteiger partial charge in [-0.3, -0.25) is 5.32 Å². The lowest BCUT2D eigenvalue weighted by atomic mass is 9.93. The third-order valence-electron chi connectivity index (χ3n) is 4.44. The van der Waals surface area contributed by atoms with E-state index in [1.807, 2.05) is 57.2 Å². The van der Waals surface area contributed by atoms with E-state index < -0.39 is 6.03 Å². The van der Waals surface area contributed by atoms with Crippen molar-refractivity contribution in [1.82, 2.24) is 5.16 Å². The van der Waals surface area contributed by atoms with Gasteiger partial charge in [0.15, 0.2) is 5.82 Å². The molecule has 2 aromatic carbocycles. The number of hydrogen-bond donors (Lipinski definition) is 2. The minimum Gasteiger partial charge on any atom is -0.490 e. The van der Waals surface area contributed by atoms with Crippen LogP contribution in [-0.4, -0.2) is 17.8 Å². The van der Waals surface area contributed by atoms with Gasteiger partial charge in [0.05, 0.1) is 0 Å². The molecule has 6 nitrogen and oxygen atoms in total. The number of nitrogens with zero attached hydrogens (tertiary/aromatic N) is 1. The van der Waals surface area contributed by atoms with Crippen LogP contribution in [0.3, 0.4) is 0 Å². The van der Waals surface area contributed by atoms with Crippen LogP contribution in [0.1, 0.15) is 37.7 Å². The molecule has 1 heterocycles. The maximum atomic E-state index is 12.2. The van der Waals surface area contributed by atoms with Crippen molar-refractivity contribution >= 4 is 23.6 Å². The van der Waals surface area contributed by atoms with E-state index in [1.54, 1.807) is 18.2 Å². The van der Waals surface area contributed by atoms with Gasteiger partial charge >= 0.3 is 6.03 Å². The molecule has 3 aromatic rings. The van der Waals surface area contributed by atoms with Crippen molar-refractivity contribution in [2.75, 3.05) is 17.2 Å². The van der Waals surface area contributed by atoms with E-state index in [2.05, 4.69) is 34.8 Å². The summed E-state index contributed by atoms with van der Waals surface area (Å²) in [7, 11) is 0. The number of ether oxygens (including phenoxy) is 1. The van der Waals surface area contributed by atoms with Crippen LogP contribution in [0.2, 0.25) is 0 Å². The van der Waals surface area contributed by atoms with Crippen LogP contribution in [0.15, 0.2) is 65.2 Å². The van der Waals surface area contributed by atoms with Gasteiger partial charge in [-0.2, -0.15) is 0 Å². The van der Waals surface area contributed by atoms with Crippen LogP contribution < -0.4 is 15.4 Å². The molecule has 6 heteroatoms. The minimum absolute atomic E-state index is 0.172. The number of anilines is 2. The minimum atomic E-state index is -0.390. The van der Waals surface area contributed by atoms with Crippen LogP contribution in [-0.2, 0) is 5.41 Å². The van der Waals surface area contributed by atoms with Gasteiger partial charge in [-0.15, -0.1) is 0 Å². The fourth-order valence-corrected chi connectivity index (χ4v) is 2.69. The Kier molecular flexibility index (Phi) is 6.57. The van der Waals surface area contributed by atoms with Gasteiger partial charge < -0.3 is 14.6 Å². The number of hydrogen-bond acceptors (Lipinski definition) is 4. The Balaban J connectivity index is 1.47. The summed E-state index contributed by atoms with van der Waals surface area (Å²) >= 11 is 0. The summed E-state index contributed by atoms with van der Waals surface area (Å²) in [5, 5.41) is 9.30. The number of carbonyl (C=O) groups is 1. The second-order valence-corrected chi connectivity index (χ2v) is 8.00. The highest BCUT2D eigenvalue weighted by molar-refractivity contribution is 5.99. The maximum Gasteiger partial charge on any atom is 0.324 e. The van der Waals surface area contributed by atoms with Crippen molar-refractivity contribution in [3.05, 3.63) is 77.6 Å². The number of rotatable bonds is 6. The zero-order valence-corrected chi connectivity index (χ0v) is 17.7. The van der Waals surface area contributed by atoms with Gasteiger partial charge in [0.1, 0.15) is 18.1 Å². The number of nitrogens with one attached hydrogen (secondary N) is 2. The highest BCUT2D eigenvalue weighted by atomic mass is 16.5. The van der Waals surface area contributed by atoms with E-state index in [-0.39, 0.29) is 5.41 Å². The quantitative estimate of drug-likeness (QED) is 0.526. The molecule has 0 saturated carbocycles. The Morgan fingerprint density at radius 1 is 1.10 bits per heavy atom. The molecule has 30 heavy (non-hydrogen) atoms. The van der Waals surface area contributed by atoms with Gasteiger partial charge in [0.2, 0.25) is 0 Å². The lowest BCUT2D eigenvalue weighted by Crippen LogP contribution is -2.19. The van der Waals surface area contributed by atoms with E-state index in [4.69, 9.17) is 9.26 Å². The smallest absolute Gasteiger partial charge is 0.324 e. The first-order chi connectivity index (χ1) is 14.3. The zero-order valence-electron chi connectivity index (χ0n) is 17.7. The van der Waals surface area contributed by atoms with E-state index >= 15 is 0 Å². The standard InChI is InChI=1S/C24H27N3O3/c1-17-8-5-6-9-18(17)10-7-15-29-20-13-11-19(12-14-20)25-23(28)26-22-16-21(30-27-22)24(2,3)4/h5-14,16H,15H2,1-4H3,(H2,25,26,27,28)/b10-7+. The molecule has 2 N–H and O–H groups in total. The molecule has 0 unspecified atom stereocenters. The topological polar surface area (TPSA) is 76.4 Å². The molecule has 3 rings (SSSR count). The molecule has 0 saturated heterocycles. The summed E-state index contributed by atoms with van der Waals surface area (Å²) in [6.07, 6.45) is 4.02. The summed E-state index contributed by atoms with van der Waals surface area (Å²) in [4.78, 5) is 12.2. The van der Waals surface area contributed by atoms with Crippen molar-refractivity contribution in [2.24, 2.45) is 0 Å². The van der Waals surface area contributed by atoms with Gasteiger partial charge in [0, 0.05) is 17.2 Å². The average molecular weight is 405 g/mol.